The summed E-state index contributed by atoms with van der Waals surface area (Å²) in [5, 5.41) is 2.75. The van der Waals surface area contributed by atoms with E-state index in [0.717, 1.165) is 25.0 Å². The predicted molar refractivity (Wildman–Crippen MR) is 101 cm³/mol. The summed E-state index contributed by atoms with van der Waals surface area (Å²) in [7, 11) is 1.45. The highest BCUT2D eigenvalue weighted by molar-refractivity contribution is 5.77. The molecule has 0 saturated carbocycles. The van der Waals surface area contributed by atoms with Gasteiger partial charge in [-0.25, -0.2) is 0 Å². The van der Waals surface area contributed by atoms with Crippen LogP contribution in [-0.4, -0.2) is 38.9 Å². The molecule has 1 N–H and O–H groups in total. The minimum absolute atomic E-state index is 0.0308. The first-order valence-electron chi connectivity index (χ1n) is 9.23. The van der Waals surface area contributed by atoms with E-state index >= 15 is 0 Å². The fourth-order valence-corrected chi connectivity index (χ4v) is 3.05. The fourth-order valence-electron chi connectivity index (χ4n) is 3.05. The largest absolute Gasteiger partial charge is 0.497 e. The van der Waals surface area contributed by atoms with E-state index in [1.54, 1.807) is 24.3 Å². The lowest BCUT2D eigenvalue weighted by Gasteiger charge is -2.13. The minimum atomic E-state index is -4.44. The van der Waals surface area contributed by atoms with Crippen LogP contribution in [0.5, 0.6) is 11.5 Å². The zero-order valence-electron chi connectivity index (χ0n) is 15.9. The van der Waals surface area contributed by atoms with Crippen LogP contribution in [-0.2, 0) is 15.7 Å². The molecule has 156 valence electrons. The van der Waals surface area contributed by atoms with Gasteiger partial charge in [0, 0.05) is 19.2 Å². The smallest absolute Gasteiger partial charge is 0.416 e. The highest BCUT2D eigenvalue weighted by Gasteiger charge is 2.30. The fraction of sp³-hybridized carbons (Fsp3) is 0.381. The van der Waals surface area contributed by atoms with Crippen LogP contribution in [0.4, 0.5) is 13.2 Å². The van der Waals surface area contributed by atoms with Crippen molar-refractivity contribution in [2.75, 3.05) is 26.9 Å². The third-order valence-electron chi connectivity index (χ3n) is 4.56. The third-order valence-corrected chi connectivity index (χ3v) is 4.56. The zero-order chi connectivity index (χ0) is 20.9. The number of amides is 1. The lowest BCUT2D eigenvalue weighted by atomic mass is 10.0. The summed E-state index contributed by atoms with van der Waals surface area (Å²) in [5.41, 5.74) is 0.116. The number of halogens is 3. The van der Waals surface area contributed by atoms with Crippen LogP contribution in [0.3, 0.4) is 0 Å². The number of methoxy groups -OCH3 is 1. The Kier molecular flexibility index (Phi) is 6.64. The minimum Gasteiger partial charge on any atom is -0.497 e. The number of carbonyl (C=O) groups excluding carboxylic acids is 1. The summed E-state index contributed by atoms with van der Waals surface area (Å²) < 4.78 is 55.2. The molecule has 2 aromatic rings. The van der Waals surface area contributed by atoms with Crippen LogP contribution >= 0.6 is 0 Å². The molecule has 8 heteroatoms. The van der Waals surface area contributed by atoms with Gasteiger partial charge in [0.25, 0.3) is 5.91 Å². The first kappa shape index (κ1) is 21.0. The van der Waals surface area contributed by atoms with Crippen LogP contribution in [0, 0.1) is 0 Å². The number of ether oxygens (including phenoxy) is 3. The molecular formula is C21H22F3NO4. The number of nitrogens with one attached hydrogen (secondary N) is 1. The summed E-state index contributed by atoms with van der Waals surface area (Å²) in [6.45, 7) is 0.914. The summed E-state index contributed by atoms with van der Waals surface area (Å²) in [4.78, 5) is 12.0. The lowest BCUT2D eigenvalue weighted by Crippen LogP contribution is -2.35. The van der Waals surface area contributed by atoms with E-state index in [9.17, 15) is 18.0 Å². The topological polar surface area (TPSA) is 56.8 Å². The monoisotopic (exact) mass is 409 g/mol. The molecule has 0 aromatic heterocycles. The molecular weight excluding hydrogens is 387 g/mol. The molecule has 29 heavy (non-hydrogen) atoms. The van der Waals surface area contributed by atoms with E-state index in [1.807, 2.05) is 0 Å². The van der Waals surface area contributed by atoms with E-state index in [-0.39, 0.29) is 18.6 Å². The highest BCUT2D eigenvalue weighted by Crippen LogP contribution is 2.34. The number of hydrogen-bond acceptors (Lipinski definition) is 4. The van der Waals surface area contributed by atoms with Crippen LogP contribution in [0.2, 0.25) is 0 Å². The van der Waals surface area contributed by atoms with E-state index in [0.29, 0.717) is 35.8 Å². The first-order valence-corrected chi connectivity index (χ1v) is 9.23. The summed E-state index contributed by atoms with van der Waals surface area (Å²) in [6.07, 6.45) is -2.51. The molecule has 0 spiro atoms. The van der Waals surface area contributed by atoms with Crippen molar-refractivity contribution in [2.24, 2.45) is 0 Å². The number of carbonyl (C=O) groups is 1. The van der Waals surface area contributed by atoms with Gasteiger partial charge in [-0.2, -0.15) is 13.2 Å². The molecule has 2 aromatic carbocycles. The molecule has 1 aliphatic heterocycles. The maximum atomic E-state index is 13.0. The zero-order valence-corrected chi connectivity index (χ0v) is 15.9. The Morgan fingerprint density at radius 1 is 1.17 bits per heavy atom. The van der Waals surface area contributed by atoms with Crippen molar-refractivity contribution in [2.45, 2.75) is 25.1 Å². The molecule has 1 aliphatic rings. The van der Waals surface area contributed by atoms with E-state index in [2.05, 4.69) is 5.32 Å². The molecule has 1 fully saturated rings. The highest BCUT2D eigenvalue weighted by atomic mass is 19.4. The van der Waals surface area contributed by atoms with Crippen molar-refractivity contribution < 1.29 is 32.2 Å². The second kappa shape index (κ2) is 9.17. The van der Waals surface area contributed by atoms with Gasteiger partial charge in [0.2, 0.25) is 0 Å². The average Bonchev–Trinajstić information content (AvgIpc) is 3.23. The van der Waals surface area contributed by atoms with Crippen LogP contribution < -0.4 is 14.8 Å². The average molecular weight is 409 g/mol. The SMILES string of the molecule is COc1cc(OCC(=O)NCC2CCCO2)cc(-c2cccc(C(F)(F)F)c2)c1. The van der Waals surface area contributed by atoms with Crippen molar-refractivity contribution in [1.29, 1.82) is 0 Å². The Bertz CT molecular complexity index is 848. The Hall–Kier alpha value is -2.74. The maximum Gasteiger partial charge on any atom is 0.416 e. The number of hydrogen-bond donors (Lipinski definition) is 1. The molecule has 1 saturated heterocycles. The number of alkyl halides is 3. The Balaban J connectivity index is 1.69. The molecule has 1 atom stereocenters. The molecule has 5 nitrogen and oxygen atoms in total. The van der Waals surface area contributed by atoms with Crippen molar-refractivity contribution in [3.05, 3.63) is 48.0 Å². The predicted octanol–water partition coefficient (Wildman–Crippen LogP) is 4.06. The molecule has 1 unspecified atom stereocenters. The number of rotatable bonds is 7. The molecule has 0 radical (unpaired) electrons. The number of benzene rings is 2. The first-order chi connectivity index (χ1) is 13.8. The van der Waals surface area contributed by atoms with Crippen molar-refractivity contribution >= 4 is 5.91 Å². The van der Waals surface area contributed by atoms with E-state index in [1.165, 1.54) is 13.2 Å². The molecule has 0 bridgehead atoms. The second-order valence-corrected chi connectivity index (χ2v) is 6.70. The standard InChI is InChI=1S/C21H22F3NO4/c1-27-18-9-15(14-4-2-5-16(8-14)21(22,23)24)10-19(11-18)29-13-20(26)25-12-17-6-3-7-28-17/h2,4-5,8-11,17H,3,6-7,12-13H2,1H3,(H,25,26). The summed E-state index contributed by atoms with van der Waals surface area (Å²) in [5.74, 6) is 0.433. The lowest BCUT2D eigenvalue weighted by molar-refractivity contribution is -0.137. The van der Waals surface area contributed by atoms with Gasteiger partial charge >= 0.3 is 6.18 Å². The van der Waals surface area contributed by atoms with E-state index < -0.39 is 11.7 Å². The van der Waals surface area contributed by atoms with Crippen molar-refractivity contribution in [3.63, 3.8) is 0 Å². The van der Waals surface area contributed by atoms with Gasteiger partial charge in [-0.1, -0.05) is 12.1 Å². The van der Waals surface area contributed by atoms with Crippen LogP contribution in [0.1, 0.15) is 18.4 Å². The Morgan fingerprint density at radius 2 is 1.97 bits per heavy atom. The molecule has 1 amide bonds. The molecule has 1 heterocycles. The van der Waals surface area contributed by atoms with E-state index in [4.69, 9.17) is 14.2 Å². The van der Waals surface area contributed by atoms with Gasteiger partial charge in [0.15, 0.2) is 6.61 Å². The van der Waals surface area contributed by atoms with Gasteiger partial charge in [0.1, 0.15) is 11.5 Å². The van der Waals surface area contributed by atoms with Gasteiger partial charge in [0.05, 0.1) is 18.8 Å². The maximum absolute atomic E-state index is 13.0. The Morgan fingerprint density at radius 3 is 2.66 bits per heavy atom. The molecule has 0 aliphatic carbocycles. The van der Waals surface area contributed by atoms with Crippen LogP contribution in [0.15, 0.2) is 42.5 Å². The van der Waals surface area contributed by atoms with Crippen molar-refractivity contribution in [1.82, 2.24) is 5.32 Å². The molecule has 3 rings (SSSR count). The van der Waals surface area contributed by atoms with Gasteiger partial charge in [-0.15, -0.1) is 0 Å². The summed E-state index contributed by atoms with van der Waals surface area (Å²) in [6, 6.07) is 9.75. The second-order valence-electron chi connectivity index (χ2n) is 6.70. The normalized spacial score (nSPS) is 16.5. The van der Waals surface area contributed by atoms with Gasteiger partial charge < -0.3 is 19.5 Å². The Labute approximate surface area is 166 Å². The van der Waals surface area contributed by atoms with Crippen molar-refractivity contribution in [3.8, 4) is 22.6 Å². The third kappa shape index (κ3) is 5.87. The van der Waals surface area contributed by atoms with Gasteiger partial charge in [-0.3, -0.25) is 4.79 Å². The summed E-state index contributed by atoms with van der Waals surface area (Å²) >= 11 is 0. The van der Waals surface area contributed by atoms with Crippen LogP contribution in [0.25, 0.3) is 11.1 Å². The quantitative estimate of drug-likeness (QED) is 0.750. The van der Waals surface area contributed by atoms with Gasteiger partial charge in [-0.05, 0) is 48.2 Å².